The van der Waals surface area contributed by atoms with E-state index in [-0.39, 0.29) is 5.78 Å². The van der Waals surface area contributed by atoms with Gasteiger partial charge in [0.15, 0.2) is 5.78 Å². The number of hydrogen-bond donors (Lipinski definition) is 0. The monoisotopic (exact) mass is 344 g/mol. The molecular formula is C18H17BrO2. The fourth-order valence-electron chi connectivity index (χ4n) is 2.91. The maximum atomic E-state index is 12.5. The summed E-state index contributed by atoms with van der Waals surface area (Å²) in [4.78, 5) is 12.5. The second kappa shape index (κ2) is 6.02. The zero-order valence-corrected chi connectivity index (χ0v) is 13.6. The highest BCUT2D eigenvalue weighted by molar-refractivity contribution is 9.10. The van der Waals surface area contributed by atoms with Gasteiger partial charge in [0, 0.05) is 22.0 Å². The molecule has 2 nitrogen and oxygen atoms in total. The van der Waals surface area contributed by atoms with E-state index in [4.69, 9.17) is 4.74 Å². The van der Waals surface area contributed by atoms with E-state index in [0.717, 1.165) is 34.2 Å². The molecule has 0 unspecified atom stereocenters. The first-order valence-corrected chi connectivity index (χ1v) is 7.94. The predicted molar refractivity (Wildman–Crippen MR) is 87.2 cm³/mol. The molecule has 3 heteroatoms. The minimum Gasteiger partial charge on any atom is -0.496 e. The van der Waals surface area contributed by atoms with Crippen molar-refractivity contribution in [3.63, 3.8) is 0 Å². The second-order valence-corrected chi connectivity index (χ2v) is 6.31. The molecule has 0 heterocycles. The summed E-state index contributed by atoms with van der Waals surface area (Å²) >= 11 is 3.45. The molecule has 0 bridgehead atoms. The van der Waals surface area contributed by atoms with Crippen molar-refractivity contribution in [2.24, 2.45) is 0 Å². The van der Waals surface area contributed by atoms with Crippen LogP contribution in [0.5, 0.6) is 5.75 Å². The molecule has 2 aromatic carbocycles. The molecule has 0 saturated carbocycles. The molecule has 0 amide bonds. The van der Waals surface area contributed by atoms with Crippen molar-refractivity contribution < 1.29 is 9.53 Å². The van der Waals surface area contributed by atoms with E-state index in [1.807, 2.05) is 24.3 Å². The third-order valence-electron chi connectivity index (χ3n) is 4.01. The van der Waals surface area contributed by atoms with Crippen LogP contribution in [0.25, 0.3) is 0 Å². The summed E-state index contributed by atoms with van der Waals surface area (Å²) in [6.45, 7) is 0. The van der Waals surface area contributed by atoms with Gasteiger partial charge in [0.05, 0.1) is 7.11 Å². The van der Waals surface area contributed by atoms with Gasteiger partial charge in [-0.2, -0.15) is 0 Å². The first-order chi connectivity index (χ1) is 10.2. The number of Topliss-reactive ketones (excluding diaryl/α,β-unsaturated/α-hetero) is 1. The minimum absolute atomic E-state index is 0.140. The van der Waals surface area contributed by atoms with E-state index in [2.05, 4.69) is 28.1 Å². The summed E-state index contributed by atoms with van der Waals surface area (Å²) in [5.74, 6) is 0.897. The molecule has 3 rings (SSSR count). The van der Waals surface area contributed by atoms with Gasteiger partial charge in [0.2, 0.25) is 0 Å². The van der Waals surface area contributed by atoms with E-state index in [9.17, 15) is 4.79 Å². The molecule has 0 aromatic heterocycles. The van der Waals surface area contributed by atoms with E-state index in [0.29, 0.717) is 6.42 Å². The molecule has 0 N–H and O–H groups in total. The van der Waals surface area contributed by atoms with Crippen molar-refractivity contribution in [2.75, 3.05) is 7.11 Å². The van der Waals surface area contributed by atoms with Crippen LogP contribution >= 0.6 is 15.9 Å². The van der Waals surface area contributed by atoms with Crippen molar-refractivity contribution in [1.29, 1.82) is 0 Å². The number of halogens is 1. The molecule has 108 valence electrons. The lowest BCUT2D eigenvalue weighted by atomic mass is 9.99. The van der Waals surface area contributed by atoms with Crippen LogP contribution in [0.2, 0.25) is 0 Å². The topological polar surface area (TPSA) is 26.3 Å². The summed E-state index contributed by atoms with van der Waals surface area (Å²) in [7, 11) is 1.63. The SMILES string of the molecule is COc1ccc(Br)cc1CC(=O)c1ccc2c(c1)CCC2. The van der Waals surface area contributed by atoms with Crippen LogP contribution in [0, 0.1) is 0 Å². The number of fused-ring (bicyclic) bond motifs is 1. The van der Waals surface area contributed by atoms with Crippen molar-refractivity contribution >= 4 is 21.7 Å². The Morgan fingerprint density at radius 3 is 2.76 bits per heavy atom. The summed E-state index contributed by atoms with van der Waals surface area (Å²) < 4.78 is 6.30. The molecule has 0 radical (unpaired) electrons. The number of methoxy groups -OCH3 is 1. The lowest BCUT2D eigenvalue weighted by molar-refractivity contribution is 0.0992. The zero-order valence-electron chi connectivity index (χ0n) is 12.0. The Labute approximate surface area is 133 Å². The highest BCUT2D eigenvalue weighted by atomic mass is 79.9. The Morgan fingerprint density at radius 2 is 1.95 bits per heavy atom. The van der Waals surface area contributed by atoms with Gasteiger partial charge in [0.1, 0.15) is 5.75 Å². The standard InChI is InChI=1S/C18H17BrO2/c1-21-18-8-7-16(19)10-15(18)11-17(20)14-6-5-12-3-2-4-13(12)9-14/h5-10H,2-4,11H2,1H3. The molecule has 21 heavy (non-hydrogen) atoms. The Balaban J connectivity index is 1.85. The Bertz CT molecular complexity index is 692. The van der Waals surface area contributed by atoms with Crippen molar-refractivity contribution in [2.45, 2.75) is 25.7 Å². The van der Waals surface area contributed by atoms with Gasteiger partial charge in [-0.05, 0) is 54.7 Å². The fraction of sp³-hybridized carbons (Fsp3) is 0.278. The summed E-state index contributed by atoms with van der Waals surface area (Å²) in [5, 5.41) is 0. The lowest BCUT2D eigenvalue weighted by Crippen LogP contribution is -2.06. The maximum Gasteiger partial charge on any atom is 0.167 e. The van der Waals surface area contributed by atoms with Crippen molar-refractivity contribution in [1.82, 2.24) is 0 Å². The van der Waals surface area contributed by atoms with Crippen LogP contribution < -0.4 is 4.74 Å². The first kappa shape index (κ1) is 14.3. The molecule has 0 fully saturated rings. The van der Waals surface area contributed by atoms with Gasteiger partial charge >= 0.3 is 0 Å². The number of ketones is 1. The lowest BCUT2D eigenvalue weighted by Gasteiger charge is -2.09. The van der Waals surface area contributed by atoms with Crippen LogP contribution in [0.3, 0.4) is 0 Å². The molecule has 0 atom stereocenters. The summed E-state index contributed by atoms with van der Waals surface area (Å²) in [6.07, 6.45) is 3.80. The predicted octanol–water partition coefficient (Wildman–Crippen LogP) is 4.37. The van der Waals surface area contributed by atoms with Crippen molar-refractivity contribution in [3.05, 3.63) is 63.1 Å². The van der Waals surface area contributed by atoms with Crippen LogP contribution in [-0.4, -0.2) is 12.9 Å². The van der Waals surface area contributed by atoms with Gasteiger partial charge < -0.3 is 4.74 Å². The summed E-state index contributed by atoms with van der Waals surface area (Å²) in [6, 6.07) is 11.9. The van der Waals surface area contributed by atoms with E-state index < -0.39 is 0 Å². The van der Waals surface area contributed by atoms with Crippen LogP contribution in [0.1, 0.15) is 33.5 Å². The number of rotatable bonds is 4. The van der Waals surface area contributed by atoms with Crippen LogP contribution in [-0.2, 0) is 19.3 Å². The van der Waals surface area contributed by atoms with Crippen LogP contribution in [0.15, 0.2) is 40.9 Å². The molecule has 2 aromatic rings. The van der Waals surface area contributed by atoms with E-state index >= 15 is 0 Å². The second-order valence-electron chi connectivity index (χ2n) is 5.39. The first-order valence-electron chi connectivity index (χ1n) is 7.15. The molecule has 1 aliphatic rings. The average Bonchev–Trinajstić information content (AvgIpc) is 2.94. The minimum atomic E-state index is 0.140. The maximum absolute atomic E-state index is 12.5. The highest BCUT2D eigenvalue weighted by Gasteiger charge is 2.15. The zero-order chi connectivity index (χ0) is 14.8. The van der Waals surface area contributed by atoms with Gasteiger partial charge in [-0.1, -0.05) is 28.1 Å². The number of aryl methyl sites for hydroxylation is 2. The van der Waals surface area contributed by atoms with Crippen LogP contribution in [0.4, 0.5) is 0 Å². The van der Waals surface area contributed by atoms with Gasteiger partial charge in [-0.25, -0.2) is 0 Å². The molecule has 1 aliphatic carbocycles. The third kappa shape index (κ3) is 3.03. The number of hydrogen-bond acceptors (Lipinski definition) is 2. The van der Waals surface area contributed by atoms with E-state index in [1.165, 1.54) is 17.5 Å². The molecule has 0 aliphatic heterocycles. The third-order valence-corrected chi connectivity index (χ3v) is 4.51. The smallest absolute Gasteiger partial charge is 0.167 e. The quantitative estimate of drug-likeness (QED) is 0.769. The Morgan fingerprint density at radius 1 is 1.14 bits per heavy atom. The summed E-state index contributed by atoms with van der Waals surface area (Å²) in [5.41, 5.74) is 4.45. The number of ether oxygens (including phenoxy) is 1. The fourth-order valence-corrected chi connectivity index (χ4v) is 3.31. The Kier molecular flexibility index (Phi) is 4.11. The average molecular weight is 345 g/mol. The molecule has 0 spiro atoms. The number of carbonyl (C=O) groups excluding carboxylic acids is 1. The van der Waals surface area contributed by atoms with Gasteiger partial charge in [-0.15, -0.1) is 0 Å². The number of carbonyl (C=O) groups is 1. The normalized spacial score (nSPS) is 13.0. The van der Waals surface area contributed by atoms with Gasteiger partial charge in [0.25, 0.3) is 0 Å². The van der Waals surface area contributed by atoms with E-state index in [1.54, 1.807) is 7.11 Å². The largest absolute Gasteiger partial charge is 0.496 e. The highest BCUT2D eigenvalue weighted by Crippen LogP contribution is 2.26. The van der Waals surface area contributed by atoms with Gasteiger partial charge in [-0.3, -0.25) is 4.79 Å². The number of benzene rings is 2. The molecular weight excluding hydrogens is 328 g/mol. The van der Waals surface area contributed by atoms with Crippen molar-refractivity contribution in [3.8, 4) is 5.75 Å². The molecule has 0 saturated heterocycles. The Hall–Kier alpha value is -1.61.